The lowest BCUT2D eigenvalue weighted by atomic mass is 9.73. The van der Waals surface area contributed by atoms with Gasteiger partial charge >= 0.3 is 0 Å². The van der Waals surface area contributed by atoms with Crippen LogP contribution in [-0.4, -0.2) is 20.5 Å². The van der Waals surface area contributed by atoms with Crippen LogP contribution >= 0.6 is 11.8 Å². The lowest BCUT2D eigenvalue weighted by Crippen LogP contribution is -2.36. The van der Waals surface area contributed by atoms with E-state index in [0.29, 0.717) is 34.8 Å². The molecule has 1 aliphatic carbocycles. The van der Waals surface area contributed by atoms with Gasteiger partial charge in [-0.3, -0.25) is 4.79 Å². The minimum atomic E-state index is -0.327. The third-order valence-electron chi connectivity index (χ3n) is 6.55. The van der Waals surface area contributed by atoms with E-state index >= 15 is 0 Å². The fraction of sp³-hybridized carbons (Fsp3) is 0.370. The molecule has 0 bridgehead atoms. The van der Waals surface area contributed by atoms with Gasteiger partial charge in [-0.2, -0.15) is 4.98 Å². The van der Waals surface area contributed by atoms with Crippen LogP contribution in [0.1, 0.15) is 69.2 Å². The molecular formula is C27H29FN4OS. The van der Waals surface area contributed by atoms with Crippen LogP contribution in [0.2, 0.25) is 0 Å². The van der Waals surface area contributed by atoms with E-state index < -0.39 is 0 Å². The average molecular weight is 477 g/mol. The molecule has 1 unspecified atom stereocenters. The minimum absolute atomic E-state index is 0.112. The Morgan fingerprint density at radius 3 is 2.59 bits per heavy atom. The Labute approximate surface area is 203 Å². The van der Waals surface area contributed by atoms with Crippen molar-refractivity contribution < 1.29 is 9.18 Å². The summed E-state index contributed by atoms with van der Waals surface area (Å²) in [6.07, 6.45) is 1.28. The predicted molar refractivity (Wildman–Crippen MR) is 133 cm³/mol. The van der Waals surface area contributed by atoms with Gasteiger partial charge in [0.2, 0.25) is 11.1 Å². The fourth-order valence-corrected chi connectivity index (χ4v) is 5.60. The minimum Gasteiger partial charge on any atom is -0.328 e. The molecule has 0 fully saturated rings. The zero-order chi connectivity index (χ0) is 24.0. The number of anilines is 1. The van der Waals surface area contributed by atoms with Crippen LogP contribution in [0, 0.1) is 11.2 Å². The first-order valence-corrected chi connectivity index (χ1v) is 12.7. The standard InChI is InChI=1S/C27H29FN4OS/c1-16(2)17-9-11-18(12-10-17)24-23-21(13-27(3,4)14-22(23)33)29-25-30-26(31-32(24)25)34-15-19-7-5-6-8-20(19)28/h5-12,16,24H,13-15H2,1-4H3,(H,29,30,31). The summed E-state index contributed by atoms with van der Waals surface area (Å²) in [7, 11) is 0. The number of halogens is 1. The lowest BCUT2D eigenvalue weighted by Gasteiger charge is -2.38. The van der Waals surface area contributed by atoms with Crippen LogP contribution in [0.15, 0.2) is 65.0 Å². The Bertz CT molecular complexity index is 1280. The van der Waals surface area contributed by atoms with Gasteiger partial charge in [-0.25, -0.2) is 9.07 Å². The number of nitrogens with zero attached hydrogens (tertiary/aromatic N) is 3. The molecule has 34 heavy (non-hydrogen) atoms. The number of carbonyl (C=O) groups excluding carboxylic acids is 1. The average Bonchev–Trinajstić information content (AvgIpc) is 3.19. The van der Waals surface area contributed by atoms with E-state index in [1.807, 2.05) is 10.7 Å². The topological polar surface area (TPSA) is 59.8 Å². The summed E-state index contributed by atoms with van der Waals surface area (Å²) < 4.78 is 15.9. The van der Waals surface area contributed by atoms with Crippen molar-refractivity contribution in [3.8, 4) is 0 Å². The number of thioether (sulfide) groups is 1. The van der Waals surface area contributed by atoms with Crippen molar-refractivity contribution in [3.63, 3.8) is 0 Å². The van der Waals surface area contributed by atoms with Crippen molar-refractivity contribution in [3.05, 3.63) is 82.3 Å². The van der Waals surface area contributed by atoms with E-state index in [4.69, 9.17) is 10.1 Å². The Morgan fingerprint density at radius 1 is 1.15 bits per heavy atom. The van der Waals surface area contributed by atoms with E-state index in [9.17, 15) is 9.18 Å². The molecule has 2 aromatic carbocycles. The van der Waals surface area contributed by atoms with E-state index in [1.54, 1.807) is 12.1 Å². The molecule has 0 saturated heterocycles. The lowest BCUT2D eigenvalue weighted by molar-refractivity contribution is -0.118. The zero-order valence-corrected chi connectivity index (χ0v) is 20.7. The number of nitrogens with one attached hydrogen (secondary N) is 1. The molecule has 0 amide bonds. The van der Waals surface area contributed by atoms with Crippen molar-refractivity contribution in [1.82, 2.24) is 14.8 Å². The third kappa shape index (κ3) is 4.29. The largest absolute Gasteiger partial charge is 0.328 e. The Kier molecular flexibility index (Phi) is 5.84. The maximum absolute atomic E-state index is 14.1. The smallest absolute Gasteiger partial charge is 0.227 e. The van der Waals surface area contributed by atoms with Crippen LogP contribution in [0.3, 0.4) is 0 Å². The van der Waals surface area contributed by atoms with Gasteiger partial charge < -0.3 is 5.32 Å². The highest BCUT2D eigenvalue weighted by molar-refractivity contribution is 7.98. The molecule has 7 heteroatoms. The van der Waals surface area contributed by atoms with E-state index in [2.05, 4.69) is 57.3 Å². The predicted octanol–water partition coefficient (Wildman–Crippen LogP) is 6.49. The number of Topliss-reactive ketones (excluding diaryl/α,β-unsaturated/α-hetero) is 1. The van der Waals surface area contributed by atoms with Gasteiger partial charge in [0.25, 0.3) is 0 Å². The third-order valence-corrected chi connectivity index (χ3v) is 7.43. The highest BCUT2D eigenvalue weighted by Crippen LogP contribution is 2.45. The number of allylic oxidation sites excluding steroid dienone is 2. The van der Waals surface area contributed by atoms with Crippen LogP contribution < -0.4 is 5.32 Å². The maximum atomic E-state index is 14.1. The van der Waals surface area contributed by atoms with Gasteiger partial charge in [0.1, 0.15) is 11.9 Å². The second-order valence-corrected chi connectivity index (χ2v) is 11.2. The monoisotopic (exact) mass is 476 g/mol. The van der Waals surface area contributed by atoms with Gasteiger partial charge in [0.15, 0.2) is 5.78 Å². The summed E-state index contributed by atoms with van der Waals surface area (Å²) in [5.41, 5.74) is 4.48. The molecule has 1 aromatic heterocycles. The molecule has 2 heterocycles. The molecule has 1 N–H and O–H groups in total. The molecule has 0 spiro atoms. The van der Waals surface area contributed by atoms with Gasteiger partial charge in [-0.15, -0.1) is 5.10 Å². The number of rotatable bonds is 5. The molecule has 0 saturated carbocycles. The summed E-state index contributed by atoms with van der Waals surface area (Å²) in [5.74, 6) is 1.40. The van der Waals surface area contributed by atoms with Crippen molar-refractivity contribution in [1.29, 1.82) is 0 Å². The molecule has 1 aliphatic heterocycles. The van der Waals surface area contributed by atoms with Gasteiger partial charge in [0.05, 0.1) is 0 Å². The first-order valence-electron chi connectivity index (χ1n) is 11.7. The van der Waals surface area contributed by atoms with Crippen LogP contribution in [0.4, 0.5) is 10.3 Å². The summed E-state index contributed by atoms with van der Waals surface area (Å²) in [4.78, 5) is 18.1. The second-order valence-electron chi connectivity index (χ2n) is 10.2. The number of ketones is 1. The van der Waals surface area contributed by atoms with Gasteiger partial charge in [-0.1, -0.05) is 81.9 Å². The number of fused-ring (bicyclic) bond motifs is 1. The normalized spacial score (nSPS) is 19.1. The fourth-order valence-electron chi connectivity index (χ4n) is 4.78. The van der Waals surface area contributed by atoms with Crippen LogP contribution in [-0.2, 0) is 10.5 Å². The van der Waals surface area contributed by atoms with Crippen molar-refractivity contribution >= 4 is 23.5 Å². The summed E-state index contributed by atoms with van der Waals surface area (Å²) in [5, 5.41) is 8.73. The van der Waals surface area contributed by atoms with Crippen LogP contribution in [0.5, 0.6) is 0 Å². The summed E-state index contributed by atoms with van der Waals surface area (Å²) in [6, 6.07) is 14.9. The Morgan fingerprint density at radius 2 is 1.88 bits per heavy atom. The first kappa shape index (κ1) is 22.8. The molecule has 2 aliphatic rings. The summed E-state index contributed by atoms with van der Waals surface area (Å²) >= 11 is 1.39. The number of hydrogen-bond donors (Lipinski definition) is 1. The molecule has 5 rings (SSSR count). The number of carbonyl (C=O) groups is 1. The van der Waals surface area contributed by atoms with E-state index in [1.165, 1.54) is 23.4 Å². The first-order chi connectivity index (χ1) is 16.2. The van der Waals surface area contributed by atoms with E-state index in [0.717, 1.165) is 23.3 Å². The number of benzene rings is 2. The highest BCUT2D eigenvalue weighted by Gasteiger charge is 2.41. The zero-order valence-electron chi connectivity index (χ0n) is 19.9. The van der Waals surface area contributed by atoms with Gasteiger partial charge in [0, 0.05) is 23.4 Å². The highest BCUT2D eigenvalue weighted by atomic mass is 32.2. The Balaban J connectivity index is 1.53. The second kappa shape index (κ2) is 8.69. The van der Waals surface area contributed by atoms with Crippen molar-refractivity contribution in [2.45, 2.75) is 63.4 Å². The SMILES string of the molecule is CC(C)c1ccc(C2C3=C(CC(C)(C)CC3=O)Nc3nc(SCc4ccccc4F)nn32)cc1. The number of hydrogen-bond acceptors (Lipinski definition) is 5. The van der Waals surface area contributed by atoms with Gasteiger partial charge in [-0.05, 0) is 40.5 Å². The molecular weight excluding hydrogens is 447 g/mol. The number of aromatic nitrogens is 3. The van der Waals surface area contributed by atoms with E-state index in [-0.39, 0.29) is 23.1 Å². The van der Waals surface area contributed by atoms with Crippen LogP contribution in [0.25, 0.3) is 0 Å². The maximum Gasteiger partial charge on any atom is 0.227 e. The molecule has 1 atom stereocenters. The molecule has 0 radical (unpaired) electrons. The molecule has 3 aromatic rings. The van der Waals surface area contributed by atoms with Crippen molar-refractivity contribution in [2.24, 2.45) is 5.41 Å². The molecule has 176 valence electrons. The Hall–Kier alpha value is -2.93. The van der Waals surface area contributed by atoms with Crippen molar-refractivity contribution in [2.75, 3.05) is 5.32 Å². The summed E-state index contributed by atoms with van der Waals surface area (Å²) in [6.45, 7) is 8.58. The quantitative estimate of drug-likeness (QED) is 0.427. The molecule has 5 nitrogen and oxygen atoms in total.